The highest BCUT2D eigenvalue weighted by Gasteiger charge is 2.76. The molecule has 0 saturated heterocycles. The molecule has 0 aromatic rings. The summed E-state index contributed by atoms with van der Waals surface area (Å²) in [6, 6.07) is 0. The van der Waals surface area contributed by atoms with Crippen molar-refractivity contribution in [2.75, 3.05) is 7.11 Å². The molecule has 1 unspecified atom stereocenters. The number of carbonyl (C=O) groups is 2. The van der Waals surface area contributed by atoms with E-state index >= 15 is 4.39 Å². The van der Waals surface area contributed by atoms with Crippen molar-refractivity contribution >= 4 is 11.8 Å². The number of aliphatic hydroxyl groups is 4. The van der Waals surface area contributed by atoms with E-state index in [2.05, 4.69) is 0 Å². The van der Waals surface area contributed by atoms with E-state index in [9.17, 15) is 30.0 Å². The van der Waals surface area contributed by atoms with Crippen LogP contribution in [-0.4, -0.2) is 51.1 Å². The average molecular weight is 453 g/mol. The number of Topliss-reactive ketones (excluding diaryl/α,β-unsaturated/α-hetero) is 1. The number of allylic oxidation sites excluding steroid dienone is 1. The van der Waals surface area contributed by atoms with Crippen LogP contribution in [0.5, 0.6) is 0 Å². The van der Waals surface area contributed by atoms with Gasteiger partial charge in [0.1, 0.15) is 5.67 Å². The van der Waals surface area contributed by atoms with Crippen molar-refractivity contribution in [3.05, 3.63) is 22.9 Å². The normalized spacial score (nSPS) is 48.3. The summed E-state index contributed by atoms with van der Waals surface area (Å²) in [4.78, 5) is 25.3. The van der Waals surface area contributed by atoms with Crippen molar-refractivity contribution in [3.8, 4) is 0 Å². The fraction of sp³-hybridized carbons (Fsp3) is 0.750. The summed E-state index contributed by atoms with van der Waals surface area (Å²) in [5, 5.41) is 42.4. The molecule has 8 heteroatoms. The van der Waals surface area contributed by atoms with E-state index < -0.39 is 57.0 Å². The Hall–Kier alpha value is -2.09. The second kappa shape index (κ2) is 6.72. The van der Waals surface area contributed by atoms with Crippen LogP contribution in [0, 0.1) is 34.0 Å². The van der Waals surface area contributed by atoms with Crippen molar-refractivity contribution in [1.82, 2.24) is 0 Å². The highest BCUT2D eigenvalue weighted by atomic mass is 19.1. The molecular formula is C24H33FO7. The first-order valence-corrected chi connectivity index (χ1v) is 11.4. The van der Waals surface area contributed by atoms with Gasteiger partial charge in [-0.1, -0.05) is 20.8 Å². The molecule has 0 aliphatic heterocycles. The number of halogens is 1. The van der Waals surface area contributed by atoms with Crippen molar-refractivity contribution in [2.24, 2.45) is 34.0 Å². The molecule has 0 amide bonds. The van der Waals surface area contributed by atoms with Gasteiger partial charge in [-0.3, -0.25) is 9.59 Å². The number of fused-ring (bicyclic) bond motifs is 5. The third kappa shape index (κ3) is 2.20. The third-order valence-electron chi connectivity index (χ3n) is 10.0. The molecule has 32 heavy (non-hydrogen) atoms. The zero-order chi connectivity index (χ0) is 24.0. The van der Waals surface area contributed by atoms with E-state index in [0.29, 0.717) is 19.3 Å². The smallest absolute Gasteiger partial charge is 0.312 e. The van der Waals surface area contributed by atoms with Crippen LogP contribution in [0.15, 0.2) is 22.9 Å². The minimum atomic E-state index is -2.14. The molecule has 0 aromatic heterocycles. The topological polar surface area (TPSA) is 124 Å². The zero-order valence-electron chi connectivity index (χ0n) is 19.2. The van der Waals surface area contributed by atoms with Gasteiger partial charge in [0, 0.05) is 11.5 Å². The van der Waals surface area contributed by atoms with Crippen molar-refractivity contribution < 1.29 is 39.1 Å². The molecule has 0 bridgehead atoms. The lowest BCUT2D eigenvalue weighted by molar-refractivity contribution is -0.188. The largest absolute Gasteiger partial charge is 0.507 e. The maximum absolute atomic E-state index is 17.2. The third-order valence-corrected chi connectivity index (χ3v) is 10.0. The Bertz CT molecular complexity index is 956. The molecule has 178 valence electrons. The maximum atomic E-state index is 17.2. The summed E-state index contributed by atoms with van der Waals surface area (Å²) in [6.07, 6.45) is -0.104. The summed E-state index contributed by atoms with van der Waals surface area (Å²) in [6.45, 7) is 7.24. The molecule has 4 aliphatic carbocycles. The molecule has 3 saturated carbocycles. The van der Waals surface area contributed by atoms with Crippen LogP contribution in [0.3, 0.4) is 0 Å². The highest BCUT2D eigenvalue weighted by Crippen LogP contribution is 2.74. The van der Waals surface area contributed by atoms with Crippen molar-refractivity contribution in [1.29, 1.82) is 0 Å². The van der Waals surface area contributed by atoms with Gasteiger partial charge in [0.15, 0.2) is 11.5 Å². The first-order chi connectivity index (χ1) is 14.8. The van der Waals surface area contributed by atoms with Crippen LogP contribution in [-0.2, 0) is 14.3 Å². The molecule has 0 aromatic carbocycles. The molecule has 8 atom stereocenters. The zero-order valence-corrected chi connectivity index (χ0v) is 19.2. The van der Waals surface area contributed by atoms with E-state index in [1.54, 1.807) is 0 Å². The van der Waals surface area contributed by atoms with Gasteiger partial charge in [0.2, 0.25) is 5.76 Å². The molecule has 3 fully saturated rings. The second-order valence-electron chi connectivity index (χ2n) is 10.6. The Morgan fingerprint density at radius 1 is 1.12 bits per heavy atom. The molecule has 0 heterocycles. The van der Waals surface area contributed by atoms with Crippen LogP contribution >= 0.6 is 0 Å². The Balaban J connectivity index is 1.91. The molecule has 0 radical (unpaired) electrons. The predicted molar refractivity (Wildman–Crippen MR) is 112 cm³/mol. The number of hydrogen-bond acceptors (Lipinski definition) is 7. The van der Waals surface area contributed by atoms with Gasteiger partial charge in [-0.2, -0.15) is 0 Å². The van der Waals surface area contributed by atoms with Crippen LogP contribution in [0.25, 0.3) is 0 Å². The van der Waals surface area contributed by atoms with E-state index in [0.717, 1.165) is 0 Å². The molecular weight excluding hydrogens is 419 g/mol. The van der Waals surface area contributed by atoms with E-state index in [4.69, 9.17) is 4.74 Å². The number of alkyl halides is 1. The lowest BCUT2D eigenvalue weighted by Gasteiger charge is -2.62. The summed E-state index contributed by atoms with van der Waals surface area (Å²) in [7, 11) is 1.36. The summed E-state index contributed by atoms with van der Waals surface area (Å²) >= 11 is 0. The Morgan fingerprint density at radius 2 is 1.75 bits per heavy atom. The molecule has 7 nitrogen and oxygen atoms in total. The molecule has 4 N–H and O–H groups in total. The fourth-order valence-electron chi connectivity index (χ4n) is 8.40. The standard InChI is InChI=1S/C24H33FO7/c1-6-23(20(31)32-5)11(2)9-12-13-10-14(26)15-16(27)17(28)18(29)19(30)22(15,4)24(13,25)8-7-21(12,23)3/h11-14,26-27,29-30H,6-10H2,1-5H3/t11-,12-,13-,14?,21-,22+,23+,24+/m0/s1. The first-order valence-electron chi connectivity index (χ1n) is 11.4. The number of ketones is 1. The minimum absolute atomic E-state index is 0.0548. The van der Waals surface area contributed by atoms with Crippen molar-refractivity contribution in [2.45, 2.75) is 71.6 Å². The first kappa shape index (κ1) is 23.1. The lowest BCUT2D eigenvalue weighted by atomic mass is 9.43. The van der Waals surface area contributed by atoms with Gasteiger partial charge < -0.3 is 25.2 Å². The van der Waals surface area contributed by atoms with Gasteiger partial charge in [-0.25, -0.2) is 4.39 Å². The van der Waals surface area contributed by atoms with Gasteiger partial charge in [-0.05, 0) is 56.3 Å². The summed E-state index contributed by atoms with van der Waals surface area (Å²) < 4.78 is 22.4. The molecule has 4 aliphatic rings. The van der Waals surface area contributed by atoms with Gasteiger partial charge >= 0.3 is 5.97 Å². The van der Waals surface area contributed by atoms with Crippen LogP contribution in [0.4, 0.5) is 4.39 Å². The SMILES string of the molecule is CC[C@]1(C(=O)OC)[C@@H](C)C[C@H]2[C@@H]3CC(O)C4=C(O)C(=O)C(O)=C(O)[C@]4(C)[C@@]3(F)CC[C@@]21C. The van der Waals surface area contributed by atoms with Crippen LogP contribution < -0.4 is 0 Å². The van der Waals surface area contributed by atoms with Gasteiger partial charge in [0.05, 0.1) is 24.0 Å². The number of hydrogen-bond donors (Lipinski definition) is 4. The Labute approximate surface area is 187 Å². The molecule has 4 rings (SSSR count). The Morgan fingerprint density at radius 3 is 2.31 bits per heavy atom. The lowest BCUT2D eigenvalue weighted by Crippen LogP contribution is -2.65. The van der Waals surface area contributed by atoms with E-state index in [1.165, 1.54) is 14.0 Å². The van der Waals surface area contributed by atoms with Crippen LogP contribution in [0.1, 0.15) is 59.8 Å². The average Bonchev–Trinajstić information content (AvgIpc) is 2.99. The fourth-order valence-corrected chi connectivity index (χ4v) is 8.40. The number of carbonyl (C=O) groups excluding carboxylic acids is 2. The quantitative estimate of drug-likeness (QED) is 0.469. The van der Waals surface area contributed by atoms with E-state index in [-0.39, 0.29) is 36.2 Å². The Kier molecular flexibility index (Phi) is 4.84. The molecule has 0 spiro atoms. The van der Waals surface area contributed by atoms with Gasteiger partial charge in [-0.15, -0.1) is 0 Å². The minimum Gasteiger partial charge on any atom is -0.507 e. The highest BCUT2D eigenvalue weighted by molar-refractivity contribution is 6.07. The summed E-state index contributed by atoms with van der Waals surface area (Å²) in [5.41, 5.74) is -5.77. The van der Waals surface area contributed by atoms with E-state index in [1.807, 2.05) is 20.8 Å². The number of esters is 1. The number of methoxy groups -OCH3 is 1. The number of ether oxygens (including phenoxy) is 1. The number of rotatable bonds is 2. The number of aliphatic hydroxyl groups excluding tert-OH is 4. The predicted octanol–water partition coefficient (Wildman–Crippen LogP) is 3.83. The maximum Gasteiger partial charge on any atom is 0.312 e. The van der Waals surface area contributed by atoms with Crippen molar-refractivity contribution in [3.63, 3.8) is 0 Å². The summed E-state index contributed by atoms with van der Waals surface area (Å²) in [5.74, 6) is -5.54. The second-order valence-corrected chi connectivity index (χ2v) is 10.6. The monoisotopic (exact) mass is 452 g/mol. The van der Waals surface area contributed by atoms with Gasteiger partial charge in [0.25, 0.3) is 5.78 Å². The van der Waals surface area contributed by atoms with Crippen LogP contribution in [0.2, 0.25) is 0 Å².